The number of aromatic nitrogens is 1. The Morgan fingerprint density at radius 3 is 3.00 bits per heavy atom. The lowest BCUT2D eigenvalue weighted by molar-refractivity contribution is -0.119. The summed E-state index contributed by atoms with van der Waals surface area (Å²) in [5.74, 6) is -0.190. The smallest absolute Gasteiger partial charge is 0.259 e. The van der Waals surface area contributed by atoms with Crippen LogP contribution in [0.5, 0.6) is 0 Å². The van der Waals surface area contributed by atoms with E-state index < -0.39 is 0 Å². The van der Waals surface area contributed by atoms with E-state index in [9.17, 15) is 4.79 Å². The fraction of sp³-hybridized carbons (Fsp3) is 0.143. The predicted octanol–water partition coefficient (Wildman–Crippen LogP) is 1.89. The summed E-state index contributed by atoms with van der Waals surface area (Å²) in [7, 11) is 0. The van der Waals surface area contributed by atoms with Crippen molar-refractivity contribution >= 4 is 17.8 Å². The molecule has 1 amide bonds. The molecule has 0 bridgehead atoms. The highest BCUT2D eigenvalue weighted by Gasteiger charge is 1.99. The summed E-state index contributed by atoms with van der Waals surface area (Å²) in [4.78, 5) is 14.5. The summed E-state index contributed by atoms with van der Waals surface area (Å²) >= 11 is 0. The van der Waals surface area contributed by atoms with Crippen LogP contribution in [0.25, 0.3) is 0 Å². The molecule has 0 fully saturated rings. The summed E-state index contributed by atoms with van der Waals surface area (Å²) in [6.07, 6.45) is 3.35. The van der Waals surface area contributed by atoms with E-state index in [0.717, 1.165) is 16.9 Å². The molecule has 98 valence electrons. The van der Waals surface area contributed by atoms with Crippen LogP contribution in [0.4, 0.5) is 5.69 Å². The standard InChI is InChI=1S/C14H16N4O/c1-11-4-2-5-12(8-11)16-10-14(19)18-17-9-13-6-3-7-15-13/h2-9,15-16H,10H2,1H3,(H,18,19)/b17-9-. The van der Waals surface area contributed by atoms with Gasteiger partial charge >= 0.3 is 0 Å². The van der Waals surface area contributed by atoms with Crippen molar-refractivity contribution < 1.29 is 4.79 Å². The van der Waals surface area contributed by atoms with Gasteiger partial charge in [0.15, 0.2) is 0 Å². The van der Waals surface area contributed by atoms with E-state index in [1.807, 2.05) is 43.3 Å². The molecule has 0 aliphatic heterocycles. The van der Waals surface area contributed by atoms with Crippen LogP contribution in [0.3, 0.4) is 0 Å². The summed E-state index contributed by atoms with van der Waals surface area (Å²) in [5, 5.41) is 6.88. The molecule has 1 heterocycles. The van der Waals surface area contributed by atoms with E-state index in [-0.39, 0.29) is 12.5 Å². The number of amides is 1. The Labute approximate surface area is 111 Å². The number of nitrogens with one attached hydrogen (secondary N) is 3. The molecule has 0 aliphatic carbocycles. The average molecular weight is 256 g/mol. The van der Waals surface area contributed by atoms with Crippen LogP contribution >= 0.6 is 0 Å². The lowest BCUT2D eigenvalue weighted by atomic mass is 10.2. The number of hydrogen-bond donors (Lipinski definition) is 3. The maximum Gasteiger partial charge on any atom is 0.259 e. The number of hydrogen-bond acceptors (Lipinski definition) is 3. The number of anilines is 1. The zero-order valence-electron chi connectivity index (χ0n) is 10.7. The quantitative estimate of drug-likeness (QED) is 0.564. The highest BCUT2D eigenvalue weighted by molar-refractivity contribution is 5.83. The van der Waals surface area contributed by atoms with E-state index in [4.69, 9.17) is 0 Å². The second-order valence-corrected chi connectivity index (χ2v) is 4.14. The number of carbonyl (C=O) groups excluding carboxylic acids is 1. The van der Waals surface area contributed by atoms with Crippen molar-refractivity contribution in [3.63, 3.8) is 0 Å². The van der Waals surface area contributed by atoms with Gasteiger partial charge in [-0.05, 0) is 36.8 Å². The van der Waals surface area contributed by atoms with Crippen LogP contribution in [0.15, 0.2) is 47.7 Å². The molecule has 0 spiro atoms. The molecule has 5 heteroatoms. The third-order valence-corrected chi connectivity index (χ3v) is 2.49. The average Bonchev–Trinajstić information content (AvgIpc) is 2.90. The Hall–Kier alpha value is -2.56. The normalized spacial score (nSPS) is 10.6. The zero-order chi connectivity index (χ0) is 13.5. The van der Waals surface area contributed by atoms with Gasteiger partial charge in [-0.3, -0.25) is 4.79 Å². The van der Waals surface area contributed by atoms with Crippen molar-refractivity contribution in [2.75, 3.05) is 11.9 Å². The Bertz CT molecular complexity index is 561. The fourth-order valence-corrected chi connectivity index (χ4v) is 1.58. The van der Waals surface area contributed by atoms with Crippen molar-refractivity contribution in [3.05, 3.63) is 53.9 Å². The Morgan fingerprint density at radius 2 is 2.26 bits per heavy atom. The molecular weight excluding hydrogens is 240 g/mol. The van der Waals surface area contributed by atoms with Crippen LogP contribution in [-0.4, -0.2) is 23.7 Å². The van der Waals surface area contributed by atoms with Crippen LogP contribution in [0.1, 0.15) is 11.3 Å². The van der Waals surface area contributed by atoms with Crippen LogP contribution in [0, 0.1) is 6.92 Å². The second-order valence-electron chi connectivity index (χ2n) is 4.14. The highest BCUT2D eigenvalue weighted by atomic mass is 16.2. The van der Waals surface area contributed by atoms with Gasteiger partial charge < -0.3 is 10.3 Å². The number of carbonyl (C=O) groups is 1. The van der Waals surface area contributed by atoms with Crippen LogP contribution < -0.4 is 10.7 Å². The minimum Gasteiger partial charge on any atom is -0.376 e. The minimum atomic E-state index is -0.190. The van der Waals surface area contributed by atoms with Crippen molar-refractivity contribution in [1.29, 1.82) is 0 Å². The topological polar surface area (TPSA) is 69.3 Å². The van der Waals surface area contributed by atoms with Gasteiger partial charge in [-0.1, -0.05) is 12.1 Å². The molecule has 0 radical (unpaired) electrons. The first-order valence-corrected chi connectivity index (χ1v) is 6.00. The Kier molecular flexibility index (Phi) is 4.34. The number of H-pyrrole nitrogens is 1. The minimum absolute atomic E-state index is 0.186. The number of benzene rings is 1. The maximum absolute atomic E-state index is 11.5. The molecule has 5 nitrogen and oxygen atoms in total. The van der Waals surface area contributed by atoms with Crippen LogP contribution in [-0.2, 0) is 4.79 Å². The van der Waals surface area contributed by atoms with Crippen molar-refractivity contribution in [3.8, 4) is 0 Å². The van der Waals surface area contributed by atoms with Gasteiger partial charge in [0.25, 0.3) is 5.91 Å². The van der Waals surface area contributed by atoms with Gasteiger partial charge in [0.1, 0.15) is 0 Å². The zero-order valence-corrected chi connectivity index (χ0v) is 10.7. The molecule has 0 saturated heterocycles. The summed E-state index contributed by atoms with van der Waals surface area (Å²) in [6.45, 7) is 2.19. The van der Waals surface area contributed by atoms with E-state index in [2.05, 4.69) is 20.8 Å². The van der Waals surface area contributed by atoms with Gasteiger partial charge in [-0.15, -0.1) is 0 Å². The molecule has 3 N–H and O–H groups in total. The number of aromatic amines is 1. The largest absolute Gasteiger partial charge is 0.376 e. The monoisotopic (exact) mass is 256 g/mol. The van der Waals surface area contributed by atoms with E-state index in [1.165, 1.54) is 0 Å². The van der Waals surface area contributed by atoms with Crippen LogP contribution in [0.2, 0.25) is 0 Å². The lowest BCUT2D eigenvalue weighted by Gasteiger charge is -2.05. The number of rotatable bonds is 5. The molecule has 2 rings (SSSR count). The second kappa shape index (κ2) is 6.39. The molecule has 2 aromatic rings. The first-order valence-electron chi connectivity index (χ1n) is 6.00. The molecule has 0 aliphatic rings. The van der Waals surface area contributed by atoms with Gasteiger partial charge in [0.05, 0.1) is 18.5 Å². The number of hydrazone groups is 1. The predicted molar refractivity (Wildman–Crippen MR) is 76.2 cm³/mol. The molecule has 1 aromatic carbocycles. The molecular formula is C14H16N4O. The summed E-state index contributed by atoms with van der Waals surface area (Å²) < 4.78 is 0. The first-order chi connectivity index (χ1) is 9.24. The Morgan fingerprint density at radius 1 is 1.37 bits per heavy atom. The summed E-state index contributed by atoms with van der Waals surface area (Å²) in [6, 6.07) is 11.6. The molecule has 0 unspecified atom stereocenters. The maximum atomic E-state index is 11.5. The van der Waals surface area contributed by atoms with Gasteiger partial charge in [0, 0.05) is 11.9 Å². The van der Waals surface area contributed by atoms with Gasteiger partial charge in [-0.25, -0.2) is 5.43 Å². The molecule has 1 aromatic heterocycles. The lowest BCUT2D eigenvalue weighted by Crippen LogP contribution is -2.25. The molecule has 0 saturated carbocycles. The third kappa shape index (κ3) is 4.31. The van der Waals surface area contributed by atoms with Crippen molar-refractivity contribution in [2.24, 2.45) is 5.10 Å². The molecule has 0 atom stereocenters. The van der Waals surface area contributed by atoms with Crippen molar-refractivity contribution in [2.45, 2.75) is 6.92 Å². The number of nitrogens with zero attached hydrogens (tertiary/aromatic N) is 1. The molecule has 19 heavy (non-hydrogen) atoms. The Balaban J connectivity index is 1.76. The first kappa shape index (κ1) is 12.9. The van der Waals surface area contributed by atoms with E-state index in [0.29, 0.717) is 0 Å². The van der Waals surface area contributed by atoms with Gasteiger partial charge in [0.2, 0.25) is 0 Å². The SMILES string of the molecule is Cc1cccc(NCC(=O)N/N=C\c2ccc[nH]2)c1. The highest BCUT2D eigenvalue weighted by Crippen LogP contribution is 2.08. The number of aryl methyl sites for hydroxylation is 1. The van der Waals surface area contributed by atoms with Crippen molar-refractivity contribution in [1.82, 2.24) is 10.4 Å². The van der Waals surface area contributed by atoms with E-state index in [1.54, 1.807) is 12.4 Å². The summed E-state index contributed by atoms with van der Waals surface area (Å²) in [5.41, 5.74) is 5.36. The third-order valence-electron chi connectivity index (χ3n) is 2.49. The van der Waals surface area contributed by atoms with Gasteiger partial charge in [-0.2, -0.15) is 5.10 Å². The fourth-order valence-electron chi connectivity index (χ4n) is 1.58. The van der Waals surface area contributed by atoms with E-state index >= 15 is 0 Å².